The second-order valence-corrected chi connectivity index (χ2v) is 5.24. The Morgan fingerprint density at radius 3 is 2.72 bits per heavy atom. The molecule has 1 aliphatic carbocycles. The SMILES string of the molecule is CCC(N)Cc1cc(C)ccc1OCC1CC1.Cl. The summed E-state index contributed by atoms with van der Waals surface area (Å²) in [5.41, 5.74) is 8.58. The van der Waals surface area contributed by atoms with Gasteiger partial charge in [-0.05, 0) is 50.2 Å². The number of hydrogen-bond donors (Lipinski definition) is 1. The third-order valence-corrected chi connectivity index (χ3v) is 3.39. The van der Waals surface area contributed by atoms with Gasteiger partial charge in [-0.15, -0.1) is 12.4 Å². The molecule has 0 radical (unpaired) electrons. The maximum Gasteiger partial charge on any atom is 0.122 e. The van der Waals surface area contributed by atoms with Crippen molar-refractivity contribution in [3.05, 3.63) is 29.3 Å². The van der Waals surface area contributed by atoms with E-state index in [2.05, 4.69) is 32.0 Å². The van der Waals surface area contributed by atoms with Gasteiger partial charge in [-0.2, -0.15) is 0 Å². The van der Waals surface area contributed by atoms with Crippen molar-refractivity contribution in [2.75, 3.05) is 6.61 Å². The summed E-state index contributed by atoms with van der Waals surface area (Å²) >= 11 is 0. The number of halogens is 1. The lowest BCUT2D eigenvalue weighted by atomic mass is 10.0. The van der Waals surface area contributed by atoms with Crippen LogP contribution < -0.4 is 10.5 Å². The summed E-state index contributed by atoms with van der Waals surface area (Å²) < 4.78 is 5.91. The van der Waals surface area contributed by atoms with E-state index in [9.17, 15) is 0 Å². The van der Waals surface area contributed by atoms with E-state index in [1.54, 1.807) is 0 Å². The molecule has 0 amide bonds. The number of nitrogens with two attached hydrogens (primary N) is 1. The number of benzene rings is 1. The molecule has 1 aliphatic rings. The molecule has 1 aromatic carbocycles. The molecule has 0 aromatic heterocycles. The lowest BCUT2D eigenvalue weighted by Crippen LogP contribution is -2.22. The summed E-state index contributed by atoms with van der Waals surface area (Å²) in [6.45, 7) is 5.12. The molecule has 0 spiro atoms. The van der Waals surface area contributed by atoms with Crippen molar-refractivity contribution in [3.8, 4) is 5.75 Å². The molecule has 2 rings (SSSR count). The Bertz CT molecular complexity index is 377. The Kier molecular flexibility index (Phi) is 5.97. The molecule has 1 fully saturated rings. The fourth-order valence-corrected chi connectivity index (χ4v) is 1.93. The van der Waals surface area contributed by atoms with E-state index in [1.807, 2.05) is 0 Å². The van der Waals surface area contributed by atoms with Gasteiger partial charge in [0.1, 0.15) is 5.75 Å². The van der Waals surface area contributed by atoms with Crippen LogP contribution in [0.3, 0.4) is 0 Å². The highest BCUT2D eigenvalue weighted by molar-refractivity contribution is 5.85. The van der Waals surface area contributed by atoms with Crippen molar-refractivity contribution in [3.63, 3.8) is 0 Å². The van der Waals surface area contributed by atoms with Crippen molar-refractivity contribution in [1.29, 1.82) is 0 Å². The van der Waals surface area contributed by atoms with E-state index in [-0.39, 0.29) is 18.4 Å². The largest absolute Gasteiger partial charge is 0.493 e. The Morgan fingerprint density at radius 2 is 2.11 bits per heavy atom. The number of ether oxygens (including phenoxy) is 1. The predicted octanol–water partition coefficient (Wildman–Crippen LogP) is 3.49. The van der Waals surface area contributed by atoms with E-state index < -0.39 is 0 Å². The zero-order valence-corrected chi connectivity index (χ0v) is 12.1. The first-order chi connectivity index (χ1) is 8.19. The molecule has 1 atom stereocenters. The van der Waals surface area contributed by atoms with E-state index in [0.717, 1.165) is 31.1 Å². The van der Waals surface area contributed by atoms with Crippen LogP contribution in [0.2, 0.25) is 0 Å². The summed E-state index contributed by atoms with van der Waals surface area (Å²) in [5.74, 6) is 1.83. The van der Waals surface area contributed by atoms with E-state index >= 15 is 0 Å². The zero-order valence-electron chi connectivity index (χ0n) is 11.3. The molecule has 1 saturated carbocycles. The fraction of sp³-hybridized carbons (Fsp3) is 0.600. The molecule has 18 heavy (non-hydrogen) atoms. The highest BCUT2D eigenvalue weighted by atomic mass is 35.5. The molecular formula is C15H24ClNO. The lowest BCUT2D eigenvalue weighted by Gasteiger charge is -2.15. The molecule has 102 valence electrons. The van der Waals surface area contributed by atoms with Crippen molar-refractivity contribution in [1.82, 2.24) is 0 Å². The third kappa shape index (κ3) is 4.51. The Morgan fingerprint density at radius 1 is 1.39 bits per heavy atom. The molecule has 0 bridgehead atoms. The fourth-order valence-electron chi connectivity index (χ4n) is 1.93. The number of aryl methyl sites for hydroxylation is 1. The lowest BCUT2D eigenvalue weighted by molar-refractivity contribution is 0.296. The Hall–Kier alpha value is -0.730. The van der Waals surface area contributed by atoms with Crippen molar-refractivity contribution in [2.24, 2.45) is 11.7 Å². The summed E-state index contributed by atoms with van der Waals surface area (Å²) in [6, 6.07) is 6.65. The standard InChI is InChI=1S/C15H23NO.ClH/c1-3-14(16)9-13-8-11(2)4-7-15(13)17-10-12-5-6-12;/h4,7-8,12,14H,3,5-6,9-10,16H2,1-2H3;1H. The summed E-state index contributed by atoms with van der Waals surface area (Å²) in [7, 11) is 0. The monoisotopic (exact) mass is 269 g/mol. The molecule has 2 nitrogen and oxygen atoms in total. The molecule has 3 heteroatoms. The summed E-state index contributed by atoms with van der Waals surface area (Å²) in [6.07, 6.45) is 4.58. The summed E-state index contributed by atoms with van der Waals surface area (Å²) in [4.78, 5) is 0. The summed E-state index contributed by atoms with van der Waals surface area (Å²) in [5, 5.41) is 0. The van der Waals surface area contributed by atoms with Crippen LogP contribution in [-0.4, -0.2) is 12.6 Å². The Labute approximate surface area is 116 Å². The van der Waals surface area contributed by atoms with Crippen molar-refractivity contribution < 1.29 is 4.74 Å². The topological polar surface area (TPSA) is 35.2 Å². The van der Waals surface area contributed by atoms with Gasteiger partial charge in [0.15, 0.2) is 0 Å². The zero-order chi connectivity index (χ0) is 12.3. The second-order valence-electron chi connectivity index (χ2n) is 5.24. The van der Waals surface area contributed by atoms with Crippen molar-refractivity contribution in [2.45, 2.75) is 45.6 Å². The van der Waals surface area contributed by atoms with Crippen LogP contribution in [0.5, 0.6) is 5.75 Å². The van der Waals surface area contributed by atoms with Crippen LogP contribution in [0.25, 0.3) is 0 Å². The second kappa shape index (κ2) is 7.01. The minimum absolute atomic E-state index is 0. The van der Waals surface area contributed by atoms with Gasteiger partial charge in [-0.3, -0.25) is 0 Å². The minimum atomic E-state index is 0. The number of rotatable bonds is 6. The van der Waals surface area contributed by atoms with Gasteiger partial charge in [-0.1, -0.05) is 24.6 Å². The first-order valence-corrected chi connectivity index (χ1v) is 6.67. The first-order valence-electron chi connectivity index (χ1n) is 6.67. The van der Waals surface area contributed by atoms with Crippen molar-refractivity contribution >= 4 is 12.4 Å². The average molecular weight is 270 g/mol. The molecule has 0 heterocycles. The van der Waals surface area contributed by atoms with Crippen LogP contribution in [0, 0.1) is 12.8 Å². The van der Waals surface area contributed by atoms with Gasteiger partial charge in [-0.25, -0.2) is 0 Å². The van der Waals surface area contributed by atoms with Gasteiger partial charge in [0.05, 0.1) is 6.61 Å². The molecule has 0 saturated heterocycles. The normalized spacial score (nSPS) is 15.9. The highest BCUT2D eigenvalue weighted by Crippen LogP contribution is 2.30. The molecule has 0 aliphatic heterocycles. The quantitative estimate of drug-likeness (QED) is 0.858. The predicted molar refractivity (Wildman–Crippen MR) is 78.6 cm³/mol. The van der Waals surface area contributed by atoms with Gasteiger partial charge in [0.25, 0.3) is 0 Å². The van der Waals surface area contributed by atoms with E-state index in [1.165, 1.54) is 24.0 Å². The first kappa shape index (κ1) is 15.3. The molecule has 2 N–H and O–H groups in total. The van der Waals surface area contributed by atoms with E-state index in [0.29, 0.717) is 0 Å². The Balaban J connectivity index is 0.00000162. The van der Waals surface area contributed by atoms with Crippen LogP contribution in [0.15, 0.2) is 18.2 Å². The van der Waals surface area contributed by atoms with Gasteiger partial charge >= 0.3 is 0 Å². The smallest absolute Gasteiger partial charge is 0.122 e. The maximum absolute atomic E-state index is 6.04. The average Bonchev–Trinajstić information content (AvgIpc) is 3.12. The van der Waals surface area contributed by atoms with Gasteiger partial charge in [0, 0.05) is 6.04 Å². The van der Waals surface area contributed by atoms with Crippen LogP contribution >= 0.6 is 12.4 Å². The maximum atomic E-state index is 6.04. The van der Waals surface area contributed by atoms with Gasteiger partial charge < -0.3 is 10.5 Å². The molecule has 1 aromatic rings. The van der Waals surface area contributed by atoms with Crippen LogP contribution in [-0.2, 0) is 6.42 Å². The van der Waals surface area contributed by atoms with Crippen LogP contribution in [0.4, 0.5) is 0 Å². The number of hydrogen-bond acceptors (Lipinski definition) is 2. The highest BCUT2D eigenvalue weighted by Gasteiger charge is 2.22. The van der Waals surface area contributed by atoms with Gasteiger partial charge in [0.2, 0.25) is 0 Å². The third-order valence-electron chi connectivity index (χ3n) is 3.39. The molecular weight excluding hydrogens is 246 g/mol. The minimum Gasteiger partial charge on any atom is -0.493 e. The van der Waals surface area contributed by atoms with Crippen LogP contribution in [0.1, 0.15) is 37.3 Å². The van der Waals surface area contributed by atoms with E-state index in [4.69, 9.17) is 10.5 Å². The molecule has 1 unspecified atom stereocenters.